The van der Waals surface area contributed by atoms with Crippen molar-refractivity contribution in [1.29, 1.82) is 0 Å². The van der Waals surface area contributed by atoms with Gasteiger partial charge in [0.1, 0.15) is 17.7 Å². The number of halogens is 3. The highest BCUT2D eigenvalue weighted by molar-refractivity contribution is 7.92. The molecule has 1 N–H and O–H groups in total. The van der Waals surface area contributed by atoms with Gasteiger partial charge in [0.15, 0.2) is 0 Å². The van der Waals surface area contributed by atoms with E-state index in [-0.39, 0.29) is 31.5 Å². The van der Waals surface area contributed by atoms with Crippen LogP contribution < -0.4 is 9.46 Å². The lowest BCUT2D eigenvalue weighted by Crippen LogP contribution is -2.14. The molecule has 0 amide bonds. The van der Waals surface area contributed by atoms with Crippen LogP contribution in [-0.2, 0) is 10.0 Å². The number of carbonyl (C=O) groups excluding carboxylic acids is 1. The molecule has 0 atom stereocenters. The molecule has 3 rings (SSSR count). The molecule has 0 aliphatic heterocycles. The summed E-state index contributed by atoms with van der Waals surface area (Å²) in [6.45, 7) is 0. The van der Waals surface area contributed by atoms with E-state index >= 15 is 0 Å². The molecule has 0 radical (unpaired) electrons. The highest BCUT2D eigenvalue weighted by Crippen LogP contribution is 2.32. The zero-order valence-electron chi connectivity index (χ0n) is 13.9. The maximum Gasteiger partial charge on any atom is 0.262 e. The highest BCUT2D eigenvalue weighted by Gasteiger charge is 2.19. The topological polar surface area (TPSA) is 85.4 Å². The molecule has 0 fully saturated rings. The minimum atomic E-state index is -4.01. The molecule has 3 aromatic rings. The number of sulfonamides is 1. The van der Waals surface area contributed by atoms with Gasteiger partial charge in [-0.1, -0.05) is 34.8 Å². The number of hydrogen-bond donors (Lipinski definition) is 1. The van der Waals surface area contributed by atoms with Crippen LogP contribution in [0.1, 0.15) is 10.4 Å². The first-order chi connectivity index (χ1) is 13.3. The second-order valence-corrected chi connectivity index (χ2v) is 8.41. The predicted molar refractivity (Wildman–Crippen MR) is 108 cm³/mol. The van der Waals surface area contributed by atoms with Crippen molar-refractivity contribution in [2.45, 2.75) is 4.90 Å². The fourth-order valence-electron chi connectivity index (χ4n) is 2.15. The van der Waals surface area contributed by atoms with Gasteiger partial charge in [-0.15, -0.1) is 0 Å². The number of carbonyl (C=O) groups is 1. The number of nitrogens with zero attached hydrogens (tertiary/aromatic N) is 1. The third kappa shape index (κ3) is 4.74. The van der Waals surface area contributed by atoms with E-state index in [1.54, 1.807) is 24.3 Å². The van der Waals surface area contributed by atoms with E-state index in [9.17, 15) is 13.2 Å². The maximum absolute atomic E-state index is 12.7. The molecule has 144 valence electrons. The van der Waals surface area contributed by atoms with Crippen LogP contribution in [0.25, 0.3) is 0 Å². The van der Waals surface area contributed by atoms with E-state index in [1.165, 1.54) is 30.5 Å². The average Bonchev–Trinajstić information content (AvgIpc) is 2.66. The quantitative estimate of drug-likeness (QED) is 0.498. The Bertz CT molecular complexity index is 1140. The lowest BCUT2D eigenvalue weighted by atomic mass is 10.2. The second-order valence-electron chi connectivity index (χ2n) is 5.48. The molecular weight excluding hydrogens is 447 g/mol. The molecule has 0 saturated carbocycles. The minimum Gasteiger partial charge on any atom is -0.437 e. The summed E-state index contributed by atoms with van der Waals surface area (Å²) >= 11 is 17.7. The molecule has 0 saturated heterocycles. The summed E-state index contributed by atoms with van der Waals surface area (Å²) in [5.74, 6) is 0.335. The zero-order valence-corrected chi connectivity index (χ0v) is 17.0. The first kappa shape index (κ1) is 20.4. The summed E-state index contributed by atoms with van der Waals surface area (Å²) in [7, 11) is -4.01. The van der Waals surface area contributed by atoms with Crippen molar-refractivity contribution in [3.8, 4) is 11.6 Å². The van der Waals surface area contributed by atoms with Gasteiger partial charge in [-0.25, -0.2) is 13.4 Å². The molecular formula is C18H11Cl3N2O4S. The average molecular weight is 458 g/mol. The third-order valence-electron chi connectivity index (χ3n) is 3.49. The molecule has 0 aliphatic rings. The number of rotatable bonds is 6. The standard InChI is InChI=1S/C18H11Cl3N2O4S/c19-12-7-17(23-28(25,26)14-5-6-15(20)16(21)8-14)18(22-9-12)27-13-3-1-11(10-24)2-4-13/h1-10,23H. The van der Waals surface area contributed by atoms with Crippen LogP contribution in [0, 0.1) is 0 Å². The van der Waals surface area contributed by atoms with Crippen molar-refractivity contribution >= 4 is 56.8 Å². The van der Waals surface area contributed by atoms with Gasteiger partial charge in [-0.05, 0) is 48.5 Å². The first-order valence-corrected chi connectivity index (χ1v) is 10.3. The number of aromatic nitrogens is 1. The van der Waals surface area contributed by atoms with Gasteiger partial charge in [0.2, 0.25) is 5.88 Å². The lowest BCUT2D eigenvalue weighted by Gasteiger charge is -2.13. The minimum absolute atomic E-state index is 0.0214. The van der Waals surface area contributed by atoms with Gasteiger partial charge in [0.25, 0.3) is 10.0 Å². The SMILES string of the molecule is O=Cc1ccc(Oc2ncc(Cl)cc2NS(=O)(=O)c2ccc(Cl)c(Cl)c2)cc1. The van der Waals surface area contributed by atoms with Crippen LogP contribution in [0.3, 0.4) is 0 Å². The second kappa shape index (κ2) is 8.36. The van der Waals surface area contributed by atoms with E-state index < -0.39 is 10.0 Å². The molecule has 0 aliphatic carbocycles. The van der Waals surface area contributed by atoms with Crippen molar-refractivity contribution in [1.82, 2.24) is 4.98 Å². The monoisotopic (exact) mass is 456 g/mol. The lowest BCUT2D eigenvalue weighted by molar-refractivity contribution is 0.112. The number of pyridine rings is 1. The summed E-state index contributed by atoms with van der Waals surface area (Å²) < 4.78 is 33.4. The smallest absolute Gasteiger partial charge is 0.262 e. The molecule has 28 heavy (non-hydrogen) atoms. The summed E-state index contributed by atoms with van der Waals surface area (Å²) in [5, 5.41) is 0.531. The van der Waals surface area contributed by atoms with Crippen LogP contribution >= 0.6 is 34.8 Å². The van der Waals surface area contributed by atoms with Gasteiger partial charge < -0.3 is 4.74 Å². The Morgan fingerprint density at radius 3 is 2.32 bits per heavy atom. The Morgan fingerprint density at radius 1 is 0.964 bits per heavy atom. The fraction of sp³-hybridized carbons (Fsp3) is 0. The van der Waals surface area contributed by atoms with Crippen molar-refractivity contribution < 1.29 is 17.9 Å². The molecule has 0 spiro atoms. The number of benzene rings is 2. The van der Waals surface area contributed by atoms with Gasteiger partial charge in [-0.3, -0.25) is 9.52 Å². The van der Waals surface area contributed by atoms with E-state index in [1.807, 2.05) is 0 Å². The fourth-order valence-corrected chi connectivity index (χ4v) is 3.75. The van der Waals surface area contributed by atoms with Crippen molar-refractivity contribution in [2.75, 3.05) is 4.72 Å². The van der Waals surface area contributed by atoms with Gasteiger partial charge in [0.05, 0.1) is 20.0 Å². The summed E-state index contributed by atoms with van der Waals surface area (Å²) in [4.78, 5) is 14.7. The van der Waals surface area contributed by atoms with Gasteiger partial charge in [-0.2, -0.15) is 0 Å². The van der Waals surface area contributed by atoms with Crippen molar-refractivity contribution in [3.05, 3.63) is 75.4 Å². The van der Waals surface area contributed by atoms with Crippen LogP contribution in [0.2, 0.25) is 15.1 Å². The van der Waals surface area contributed by atoms with E-state index in [0.29, 0.717) is 17.6 Å². The molecule has 0 bridgehead atoms. The molecule has 1 aromatic heterocycles. The van der Waals surface area contributed by atoms with Crippen LogP contribution in [0.15, 0.2) is 59.6 Å². The number of ether oxygens (including phenoxy) is 1. The number of hydrogen-bond acceptors (Lipinski definition) is 5. The zero-order chi connectivity index (χ0) is 20.3. The normalized spacial score (nSPS) is 11.1. The maximum atomic E-state index is 12.7. The highest BCUT2D eigenvalue weighted by atomic mass is 35.5. The largest absolute Gasteiger partial charge is 0.437 e. The predicted octanol–water partition coefficient (Wildman–Crippen LogP) is 5.45. The van der Waals surface area contributed by atoms with Crippen LogP contribution in [0.4, 0.5) is 5.69 Å². The summed E-state index contributed by atoms with van der Waals surface area (Å²) in [6.07, 6.45) is 2.01. The Hall–Kier alpha value is -2.32. The Kier molecular flexibility index (Phi) is 6.10. The molecule has 1 heterocycles. The van der Waals surface area contributed by atoms with E-state index in [4.69, 9.17) is 39.5 Å². The van der Waals surface area contributed by atoms with Crippen molar-refractivity contribution in [2.24, 2.45) is 0 Å². The number of aldehydes is 1. The van der Waals surface area contributed by atoms with Crippen LogP contribution in [-0.4, -0.2) is 19.7 Å². The van der Waals surface area contributed by atoms with E-state index in [0.717, 1.165) is 0 Å². The van der Waals surface area contributed by atoms with Crippen LogP contribution in [0.5, 0.6) is 11.6 Å². The number of nitrogens with one attached hydrogen (secondary N) is 1. The van der Waals surface area contributed by atoms with Gasteiger partial charge in [0, 0.05) is 11.8 Å². The Labute approximate surface area is 176 Å². The van der Waals surface area contributed by atoms with Crippen molar-refractivity contribution in [3.63, 3.8) is 0 Å². The third-order valence-corrected chi connectivity index (χ3v) is 5.80. The molecule has 2 aromatic carbocycles. The summed E-state index contributed by atoms with van der Waals surface area (Å²) in [5.41, 5.74) is 0.495. The van der Waals surface area contributed by atoms with E-state index in [2.05, 4.69) is 9.71 Å². The first-order valence-electron chi connectivity index (χ1n) is 7.65. The Balaban J connectivity index is 1.93. The van der Waals surface area contributed by atoms with Gasteiger partial charge >= 0.3 is 0 Å². The summed E-state index contributed by atoms with van der Waals surface area (Å²) in [6, 6.07) is 11.5. The molecule has 0 unspecified atom stereocenters. The Morgan fingerprint density at radius 2 is 1.68 bits per heavy atom. The number of anilines is 1. The molecule has 6 nitrogen and oxygen atoms in total. The molecule has 10 heteroatoms.